The van der Waals surface area contributed by atoms with Crippen molar-refractivity contribution in [3.63, 3.8) is 0 Å². The maximum Gasteiger partial charge on any atom is 0.296 e. The predicted molar refractivity (Wildman–Crippen MR) is 163 cm³/mol. The summed E-state index contributed by atoms with van der Waals surface area (Å²) in [5.74, 6) is 0.893. The lowest BCUT2D eigenvalue weighted by Gasteiger charge is -2.05. The fourth-order valence-electron chi connectivity index (χ4n) is 3.88. The lowest BCUT2D eigenvalue weighted by molar-refractivity contribution is 0.306. The summed E-state index contributed by atoms with van der Waals surface area (Å²) in [5, 5.41) is 0. The van der Waals surface area contributed by atoms with E-state index in [4.69, 9.17) is 8.92 Å². The molecule has 0 aliphatic heterocycles. The van der Waals surface area contributed by atoms with Gasteiger partial charge in [0.05, 0.1) is 18.6 Å². The van der Waals surface area contributed by atoms with Crippen LogP contribution in [0.2, 0.25) is 0 Å². The number of unbranched alkanes of at least 4 members (excludes halogenated alkanes) is 9. The van der Waals surface area contributed by atoms with E-state index in [2.05, 4.69) is 65.9 Å². The molecule has 6 heteroatoms. The van der Waals surface area contributed by atoms with E-state index in [1.54, 1.807) is 37.4 Å². The number of ether oxygens (including phenoxy) is 1. The van der Waals surface area contributed by atoms with Crippen LogP contribution in [0.5, 0.6) is 5.75 Å². The van der Waals surface area contributed by atoms with Gasteiger partial charge in [0, 0.05) is 3.57 Å². The van der Waals surface area contributed by atoms with E-state index < -0.39 is 10.1 Å². The zero-order chi connectivity index (χ0) is 26.8. The Hall–Kier alpha value is -1.90. The van der Waals surface area contributed by atoms with E-state index in [9.17, 15) is 8.42 Å². The Morgan fingerprint density at radius 2 is 1.22 bits per heavy atom. The van der Waals surface area contributed by atoms with Crippen molar-refractivity contribution in [2.24, 2.45) is 0 Å². The van der Waals surface area contributed by atoms with Crippen LogP contribution in [0.3, 0.4) is 0 Å². The third kappa shape index (κ3) is 12.5. The Balaban J connectivity index is 0.000000278. The maximum absolute atomic E-state index is 11.9. The molecule has 0 unspecified atom stereocenters. The lowest BCUT2D eigenvalue weighted by atomic mass is 10.1. The number of hydrogen-bond acceptors (Lipinski definition) is 4. The minimum atomic E-state index is -3.57. The molecule has 0 amide bonds. The molecule has 37 heavy (non-hydrogen) atoms. The van der Waals surface area contributed by atoms with Crippen molar-refractivity contribution in [3.8, 4) is 16.9 Å². The van der Waals surface area contributed by atoms with Gasteiger partial charge in [0.2, 0.25) is 0 Å². The van der Waals surface area contributed by atoms with Gasteiger partial charge in [0.1, 0.15) is 5.75 Å². The van der Waals surface area contributed by atoms with Gasteiger partial charge in [-0.25, -0.2) is 0 Å². The Morgan fingerprint density at radius 1 is 0.676 bits per heavy atom. The Morgan fingerprint density at radius 3 is 1.78 bits per heavy atom. The summed E-state index contributed by atoms with van der Waals surface area (Å²) in [6.07, 6.45) is 12.3. The molecule has 0 spiro atoms. The van der Waals surface area contributed by atoms with Gasteiger partial charge in [0.15, 0.2) is 0 Å². The normalized spacial score (nSPS) is 11.0. The molecule has 0 heterocycles. The largest absolute Gasteiger partial charge is 0.497 e. The second-order valence-electron chi connectivity index (χ2n) is 8.98. The van der Waals surface area contributed by atoms with E-state index in [-0.39, 0.29) is 11.5 Å². The SMILES string of the molecule is CCCCCCCCCCCCOS(=O)(=O)c1ccccc1.COc1ccc(-c2ccccc2I)cc1. The molecule has 3 aromatic carbocycles. The molecule has 0 saturated heterocycles. The van der Waals surface area contributed by atoms with Crippen molar-refractivity contribution < 1.29 is 17.3 Å². The van der Waals surface area contributed by atoms with Crippen LogP contribution in [0.25, 0.3) is 11.1 Å². The first-order chi connectivity index (χ1) is 18.0. The molecule has 0 radical (unpaired) electrons. The number of halogens is 1. The molecule has 0 N–H and O–H groups in total. The molecule has 0 aromatic heterocycles. The Kier molecular flexibility index (Phi) is 15.5. The zero-order valence-corrected chi connectivity index (χ0v) is 25.2. The van der Waals surface area contributed by atoms with Crippen molar-refractivity contribution in [3.05, 3.63) is 82.4 Å². The first-order valence-electron chi connectivity index (χ1n) is 13.3. The van der Waals surface area contributed by atoms with Crippen LogP contribution < -0.4 is 4.74 Å². The standard InChI is InChI=1S/C18H30O3S.C13H11IO/c1-2-3-4-5-6-7-8-9-10-14-17-21-22(19,20)18-15-12-11-13-16-18;1-15-11-8-6-10(7-9-11)12-4-2-3-5-13(12)14/h11-13,15-16H,2-10,14,17H2,1H3;2-9H,1H3. The summed E-state index contributed by atoms with van der Waals surface area (Å²) in [5.41, 5.74) is 2.49. The van der Waals surface area contributed by atoms with Gasteiger partial charge in [-0.3, -0.25) is 4.18 Å². The molecule has 0 atom stereocenters. The van der Waals surface area contributed by atoms with Gasteiger partial charge in [-0.15, -0.1) is 0 Å². The number of hydrogen-bond donors (Lipinski definition) is 0. The van der Waals surface area contributed by atoms with Crippen LogP contribution in [0.1, 0.15) is 71.1 Å². The fraction of sp³-hybridized carbons (Fsp3) is 0.419. The quantitative estimate of drug-likeness (QED) is 0.0948. The van der Waals surface area contributed by atoms with Gasteiger partial charge in [-0.1, -0.05) is 113 Å². The van der Waals surface area contributed by atoms with Crippen LogP contribution in [-0.4, -0.2) is 22.1 Å². The molecule has 3 rings (SSSR count). The van der Waals surface area contributed by atoms with E-state index in [1.807, 2.05) is 12.1 Å². The summed E-state index contributed by atoms with van der Waals surface area (Å²) >= 11 is 2.35. The molecule has 0 aliphatic rings. The molecule has 202 valence electrons. The third-order valence-corrected chi connectivity index (χ3v) is 8.31. The van der Waals surface area contributed by atoms with Gasteiger partial charge in [0.25, 0.3) is 10.1 Å². The lowest BCUT2D eigenvalue weighted by Crippen LogP contribution is -2.07. The van der Waals surface area contributed by atoms with E-state index in [0.717, 1.165) is 18.6 Å². The number of rotatable bonds is 15. The highest BCUT2D eigenvalue weighted by Gasteiger charge is 2.13. The van der Waals surface area contributed by atoms with Crippen LogP contribution in [0.4, 0.5) is 0 Å². The summed E-state index contributed by atoms with van der Waals surface area (Å²) in [6, 6.07) is 24.8. The first kappa shape index (κ1) is 31.3. The van der Waals surface area contributed by atoms with Crippen LogP contribution in [-0.2, 0) is 14.3 Å². The molecular weight excluding hydrogens is 595 g/mol. The second-order valence-corrected chi connectivity index (χ2v) is 11.8. The smallest absolute Gasteiger partial charge is 0.296 e. The maximum atomic E-state index is 11.9. The van der Waals surface area contributed by atoms with Crippen molar-refractivity contribution >= 4 is 32.7 Å². The Bertz CT molecular complexity index is 1100. The predicted octanol–water partition coefficient (Wildman–Crippen LogP) is 9.28. The Labute approximate surface area is 238 Å². The number of benzene rings is 3. The summed E-state index contributed by atoms with van der Waals surface area (Å²) in [7, 11) is -1.89. The summed E-state index contributed by atoms with van der Waals surface area (Å²) in [4.78, 5) is 0.238. The van der Waals surface area contributed by atoms with Gasteiger partial charge >= 0.3 is 0 Å². The molecule has 0 bridgehead atoms. The topological polar surface area (TPSA) is 52.6 Å². The highest BCUT2D eigenvalue weighted by Crippen LogP contribution is 2.26. The first-order valence-corrected chi connectivity index (χ1v) is 15.8. The monoisotopic (exact) mass is 636 g/mol. The molecule has 3 aromatic rings. The molecular formula is C31H41IO4S. The summed E-state index contributed by atoms with van der Waals surface area (Å²) in [6.45, 7) is 2.52. The van der Waals surface area contributed by atoms with Crippen LogP contribution in [0.15, 0.2) is 83.8 Å². The summed E-state index contributed by atoms with van der Waals surface area (Å²) < 4.78 is 35.2. The highest BCUT2D eigenvalue weighted by molar-refractivity contribution is 14.1. The van der Waals surface area contributed by atoms with Gasteiger partial charge < -0.3 is 4.74 Å². The minimum Gasteiger partial charge on any atom is -0.497 e. The van der Waals surface area contributed by atoms with Crippen molar-refractivity contribution in [1.29, 1.82) is 0 Å². The third-order valence-electron chi connectivity index (χ3n) is 6.04. The van der Waals surface area contributed by atoms with Crippen molar-refractivity contribution in [1.82, 2.24) is 0 Å². The van der Waals surface area contributed by atoms with Gasteiger partial charge in [-0.2, -0.15) is 8.42 Å². The van der Waals surface area contributed by atoms with E-state index in [1.165, 1.54) is 66.1 Å². The minimum absolute atomic E-state index is 0.238. The zero-order valence-electron chi connectivity index (χ0n) is 22.2. The number of methoxy groups -OCH3 is 1. The molecule has 0 aliphatic carbocycles. The van der Waals surface area contributed by atoms with E-state index in [0.29, 0.717) is 0 Å². The molecule has 0 saturated carbocycles. The fourth-order valence-corrected chi connectivity index (χ4v) is 5.54. The average molecular weight is 637 g/mol. The van der Waals surface area contributed by atoms with Crippen LogP contribution >= 0.6 is 22.6 Å². The molecule has 4 nitrogen and oxygen atoms in total. The van der Waals surface area contributed by atoms with Crippen molar-refractivity contribution in [2.45, 2.75) is 76.0 Å². The van der Waals surface area contributed by atoms with Crippen LogP contribution in [0, 0.1) is 3.57 Å². The second kappa shape index (κ2) is 18.4. The van der Waals surface area contributed by atoms with Gasteiger partial charge in [-0.05, 0) is 70.5 Å². The van der Waals surface area contributed by atoms with Crippen molar-refractivity contribution in [2.75, 3.05) is 13.7 Å². The van der Waals surface area contributed by atoms with E-state index >= 15 is 0 Å². The molecule has 0 fully saturated rings. The highest BCUT2D eigenvalue weighted by atomic mass is 127. The average Bonchev–Trinajstić information content (AvgIpc) is 2.93.